The number of carbonyl (C=O) groups is 1. The van der Waals surface area contributed by atoms with E-state index in [1.54, 1.807) is 6.07 Å². The predicted octanol–water partition coefficient (Wildman–Crippen LogP) is 2.90. The van der Waals surface area contributed by atoms with Gasteiger partial charge in [0.25, 0.3) is 5.91 Å². The summed E-state index contributed by atoms with van der Waals surface area (Å²) in [6.07, 6.45) is 0. The van der Waals surface area contributed by atoms with Crippen molar-refractivity contribution in [2.75, 3.05) is 5.32 Å². The topological polar surface area (TPSA) is 41.5 Å². The third-order valence-corrected chi connectivity index (χ3v) is 2.70. The minimum Gasteiger partial charge on any atom is -0.320 e. The van der Waals surface area contributed by atoms with Crippen LogP contribution >= 0.6 is 0 Å². The number of carbonyl (C=O) groups excluding carboxylic acids is 1. The normalized spacial score (nSPS) is 15.6. The summed E-state index contributed by atoms with van der Waals surface area (Å²) >= 11 is 0. The van der Waals surface area contributed by atoms with Crippen LogP contribution in [0.3, 0.4) is 0 Å². The minimum absolute atomic E-state index is 0.306. The van der Waals surface area contributed by atoms with Crippen LogP contribution in [0.1, 0.15) is 5.56 Å². The third kappa shape index (κ3) is 1.78. The Morgan fingerprint density at radius 1 is 1.06 bits per heavy atom. The van der Waals surface area contributed by atoms with Gasteiger partial charge in [-0.15, -0.1) is 0 Å². The Labute approximate surface area is 103 Å². The molecule has 2 aromatic carbocycles. The molecule has 0 aliphatic carbocycles. The third-order valence-electron chi connectivity index (χ3n) is 2.70. The van der Waals surface area contributed by atoms with Crippen LogP contribution < -0.4 is 5.32 Å². The molecule has 0 fully saturated rings. The maximum Gasteiger partial charge on any atom is 0.275 e. The molecule has 0 aromatic heterocycles. The second kappa shape index (κ2) is 4.07. The van der Waals surface area contributed by atoms with Crippen molar-refractivity contribution in [1.29, 1.82) is 0 Å². The van der Waals surface area contributed by atoms with Crippen LogP contribution in [-0.4, -0.2) is 11.6 Å². The average Bonchev–Trinajstić information content (AvgIpc) is 2.66. The van der Waals surface area contributed by atoms with Crippen molar-refractivity contribution in [2.45, 2.75) is 0 Å². The molecule has 0 spiro atoms. The Morgan fingerprint density at radius 3 is 2.61 bits per heavy atom. The largest absolute Gasteiger partial charge is 0.320 e. The fourth-order valence-corrected chi connectivity index (χ4v) is 1.87. The minimum atomic E-state index is -0.380. The SMILES string of the molecule is O=C1Nc2cc(F)ccc2C1=Nc1ccccc1. The number of para-hydroxylation sites is 1. The highest BCUT2D eigenvalue weighted by atomic mass is 19.1. The van der Waals surface area contributed by atoms with E-state index in [0.717, 1.165) is 0 Å². The van der Waals surface area contributed by atoms with Crippen LogP contribution in [0.15, 0.2) is 53.5 Å². The lowest BCUT2D eigenvalue weighted by Crippen LogP contribution is -2.13. The van der Waals surface area contributed by atoms with Gasteiger partial charge in [-0.05, 0) is 30.3 Å². The van der Waals surface area contributed by atoms with Crippen molar-refractivity contribution in [2.24, 2.45) is 4.99 Å². The van der Waals surface area contributed by atoms with Crippen LogP contribution in [0.2, 0.25) is 0 Å². The lowest BCUT2D eigenvalue weighted by molar-refractivity contribution is -0.110. The molecule has 0 bridgehead atoms. The van der Waals surface area contributed by atoms with E-state index in [9.17, 15) is 9.18 Å². The summed E-state index contributed by atoms with van der Waals surface area (Å²) in [6, 6.07) is 13.4. The summed E-state index contributed by atoms with van der Waals surface area (Å²) in [4.78, 5) is 16.1. The zero-order chi connectivity index (χ0) is 12.5. The number of fused-ring (bicyclic) bond motifs is 1. The first-order valence-electron chi connectivity index (χ1n) is 5.49. The molecule has 3 nitrogen and oxygen atoms in total. The highest BCUT2D eigenvalue weighted by Crippen LogP contribution is 2.26. The number of nitrogens with one attached hydrogen (secondary N) is 1. The average molecular weight is 240 g/mol. The number of hydrogen-bond donors (Lipinski definition) is 1. The number of amides is 1. The molecule has 0 saturated heterocycles. The molecule has 1 aliphatic rings. The number of halogens is 1. The number of rotatable bonds is 1. The van der Waals surface area contributed by atoms with Crippen LogP contribution in [0.5, 0.6) is 0 Å². The monoisotopic (exact) mass is 240 g/mol. The lowest BCUT2D eigenvalue weighted by Gasteiger charge is -1.97. The fraction of sp³-hybridized carbons (Fsp3) is 0. The van der Waals surface area contributed by atoms with E-state index in [1.807, 2.05) is 30.3 Å². The maximum atomic E-state index is 13.1. The van der Waals surface area contributed by atoms with Crippen LogP contribution in [-0.2, 0) is 4.79 Å². The van der Waals surface area contributed by atoms with Gasteiger partial charge >= 0.3 is 0 Å². The van der Waals surface area contributed by atoms with E-state index in [0.29, 0.717) is 22.6 Å². The Balaban J connectivity index is 2.10. The molecule has 0 saturated carbocycles. The first-order chi connectivity index (χ1) is 8.74. The van der Waals surface area contributed by atoms with Gasteiger partial charge in [-0.2, -0.15) is 0 Å². The standard InChI is InChI=1S/C14H9FN2O/c15-9-6-7-11-12(8-9)17-14(18)13(11)16-10-4-2-1-3-5-10/h1-8H,(H,16,17,18). The van der Waals surface area contributed by atoms with Crippen molar-refractivity contribution in [3.63, 3.8) is 0 Å². The van der Waals surface area contributed by atoms with Crippen molar-refractivity contribution in [1.82, 2.24) is 0 Å². The van der Waals surface area contributed by atoms with Gasteiger partial charge in [-0.3, -0.25) is 4.79 Å². The number of aliphatic imine (C=N–C) groups is 1. The molecule has 1 heterocycles. The van der Waals surface area contributed by atoms with Gasteiger partial charge in [0.05, 0.1) is 11.4 Å². The van der Waals surface area contributed by atoms with Gasteiger partial charge in [0.1, 0.15) is 11.5 Å². The molecule has 3 rings (SSSR count). The molecule has 1 amide bonds. The van der Waals surface area contributed by atoms with Gasteiger partial charge in [-0.1, -0.05) is 18.2 Å². The second-order valence-electron chi connectivity index (χ2n) is 3.94. The summed E-state index contributed by atoms with van der Waals surface area (Å²) in [5.74, 6) is -0.686. The molecular weight excluding hydrogens is 231 g/mol. The van der Waals surface area contributed by atoms with Crippen LogP contribution in [0.25, 0.3) is 0 Å². The molecule has 18 heavy (non-hydrogen) atoms. The van der Waals surface area contributed by atoms with E-state index in [4.69, 9.17) is 0 Å². The molecule has 1 aliphatic heterocycles. The predicted molar refractivity (Wildman–Crippen MR) is 67.7 cm³/mol. The van der Waals surface area contributed by atoms with E-state index in [2.05, 4.69) is 10.3 Å². The van der Waals surface area contributed by atoms with Crippen molar-refractivity contribution < 1.29 is 9.18 Å². The number of nitrogens with zero attached hydrogens (tertiary/aromatic N) is 1. The van der Waals surface area contributed by atoms with Crippen molar-refractivity contribution in [3.05, 3.63) is 59.9 Å². The smallest absolute Gasteiger partial charge is 0.275 e. The van der Waals surface area contributed by atoms with Crippen molar-refractivity contribution in [3.8, 4) is 0 Å². The number of hydrogen-bond acceptors (Lipinski definition) is 2. The second-order valence-corrected chi connectivity index (χ2v) is 3.94. The quantitative estimate of drug-likeness (QED) is 0.818. The molecule has 88 valence electrons. The Morgan fingerprint density at radius 2 is 1.83 bits per heavy atom. The molecule has 0 unspecified atom stereocenters. The first-order valence-corrected chi connectivity index (χ1v) is 5.49. The zero-order valence-electron chi connectivity index (χ0n) is 9.35. The number of anilines is 1. The summed E-state index contributed by atoms with van der Waals surface area (Å²) in [6.45, 7) is 0. The van der Waals surface area contributed by atoms with Crippen LogP contribution in [0.4, 0.5) is 15.8 Å². The van der Waals surface area contributed by atoms with E-state index in [1.165, 1.54) is 12.1 Å². The van der Waals surface area contributed by atoms with Gasteiger partial charge in [-0.25, -0.2) is 9.38 Å². The van der Waals surface area contributed by atoms with E-state index >= 15 is 0 Å². The summed E-state index contributed by atoms with van der Waals surface area (Å²) in [5, 5.41) is 2.60. The van der Waals surface area contributed by atoms with Gasteiger partial charge < -0.3 is 5.32 Å². The van der Waals surface area contributed by atoms with E-state index in [-0.39, 0.29) is 11.7 Å². The van der Waals surface area contributed by atoms with Crippen molar-refractivity contribution >= 4 is 23.0 Å². The molecule has 0 radical (unpaired) electrons. The Kier molecular flexibility index (Phi) is 2.41. The highest BCUT2D eigenvalue weighted by molar-refractivity contribution is 6.54. The first kappa shape index (κ1) is 10.7. The lowest BCUT2D eigenvalue weighted by atomic mass is 10.1. The maximum absolute atomic E-state index is 13.1. The summed E-state index contributed by atoms with van der Waals surface area (Å²) in [7, 11) is 0. The summed E-state index contributed by atoms with van der Waals surface area (Å²) < 4.78 is 13.1. The van der Waals surface area contributed by atoms with Gasteiger partial charge in [0.2, 0.25) is 0 Å². The van der Waals surface area contributed by atoms with Crippen LogP contribution in [0, 0.1) is 5.82 Å². The molecular formula is C14H9FN2O. The molecule has 1 N–H and O–H groups in total. The van der Waals surface area contributed by atoms with E-state index < -0.39 is 0 Å². The van der Waals surface area contributed by atoms with Gasteiger partial charge in [0.15, 0.2) is 0 Å². The number of benzene rings is 2. The zero-order valence-corrected chi connectivity index (χ0v) is 9.35. The Bertz CT molecular complexity index is 650. The highest BCUT2D eigenvalue weighted by Gasteiger charge is 2.26. The molecule has 2 aromatic rings. The molecule has 0 atom stereocenters. The molecule has 4 heteroatoms. The Hall–Kier alpha value is -2.49. The fourth-order valence-electron chi connectivity index (χ4n) is 1.87. The summed E-state index contributed by atoms with van der Waals surface area (Å²) in [5.41, 5.74) is 2.11. The van der Waals surface area contributed by atoms with Gasteiger partial charge in [0, 0.05) is 5.56 Å².